The summed E-state index contributed by atoms with van der Waals surface area (Å²) in [7, 11) is 0. The molecule has 1 aliphatic rings. The monoisotopic (exact) mass is 372 g/mol. The fourth-order valence-electron chi connectivity index (χ4n) is 2.58. The van der Waals surface area contributed by atoms with Crippen molar-refractivity contribution in [3.05, 3.63) is 35.4 Å². The predicted molar refractivity (Wildman–Crippen MR) is 85.3 cm³/mol. The number of carbonyl (C=O) groups is 3. The maximum Gasteiger partial charge on any atom is 0.416 e. The second-order valence-electron chi connectivity index (χ2n) is 6.07. The minimum atomic E-state index is -4.51. The zero-order valence-electron chi connectivity index (χ0n) is 14.1. The molecule has 1 atom stereocenters. The molecule has 1 aliphatic carbocycles. The van der Waals surface area contributed by atoms with Crippen LogP contribution in [0.5, 0.6) is 0 Å². The van der Waals surface area contributed by atoms with Crippen LogP contribution in [0.4, 0.5) is 18.0 Å². The fourth-order valence-corrected chi connectivity index (χ4v) is 2.58. The number of esters is 1. The lowest BCUT2D eigenvalue weighted by atomic mass is 10.1. The summed E-state index contributed by atoms with van der Waals surface area (Å²) in [4.78, 5) is 35.5. The van der Waals surface area contributed by atoms with Crippen LogP contribution in [0.2, 0.25) is 0 Å². The van der Waals surface area contributed by atoms with E-state index < -0.39 is 35.8 Å². The van der Waals surface area contributed by atoms with Gasteiger partial charge in [-0.15, -0.1) is 0 Å². The Labute approximate surface area is 148 Å². The van der Waals surface area contributed by atoms with E-state index >= 15 is 0 Å². The quantitative estimate of drug-likeness (QED) is 0.796. The summed E-state index contributed by atoms with van der Waals surface area (Å²) in [6.45, 7) is 1.26. The van der Waals surface area contributed by atoms with Crippen molar-refractivity contribution in [2.24, 2.45) is 0 Å². The molecule has 0 aliphatic heterocycles. The number of ether oxygens (including phenoxy) is 1. The molecule has 1 fully saturated rings. The average Bonchev–Trinajstić information content (AvgIpc) is 3.06. The van der Waals surface area contributed by atoms with Crippen molar-refractivity contribution in [3.63, 3.8) is 0 Å². The molecule has 0 bridgehead atoms. The Bertz CT molecular complexity index is 668. The molecular formula is C17H19F3N2O4. The third-order valence-electron chi connectivity index (χ3n) is 4.03. The summed E-state index contributed by atoms with van der Waals surface area (Å²) < 4.78 is 42.4. The van der Waals surface area contributed by atoms with E-state index in [4.69, 9.17) is 4.74 Å². The molecule has 1 aromatic rings. The summed E-state index contributed by atoms with van der Waals surface area (Å²) >= 11 is 0. The second kappa shape index (κ2) is 8.20. The highest BCUT2D eigenvalue weighted by molar-refractivity contribution is 5.98. The van der Waals surface area contributed by atoms with E-state index in [2.05, 4.69) is 10.6 Å². The van der Waals surface area contributed by atoms with Gasteiger partial charge in [-0.1, -0.05) is 12.8 Å². The lowest BCUT2D eigenvalue weighted by Crippen LogP contribution is -2.47. The van der Waals surface area contributed by atoms with Gasteiger partial charge in [0.15, 0.2) is 6.10 Å². The predicted octanol–water partition coefficient (Wildman–Crippen LogP) is 3.02. The molecule has 1 aromatic carbocycles. The fraction of sp³-hybridized carbons (Fsp3) is 0.471. The number of urea groups is 1. The van der Waals surface area contributed by atoms with E-state index in [1.54, 1.807) is 0 Å². The maximum absolute atomic E-state index is 12.5. The number of nitrogens with one attached hydrogen (secondary N) is 2. The number of alkyl halides is 3. The Morgan fingerprint density at radius 2 is 1.69 bits per heavy atom. The molecule has 6 nitrogen and oxygen atoms in total. The SMILES string of the molecule is CC(OC(=O)c1ccc(C(F)(F)F)cc1)C(=O)NC(=O)NC1CCCC1. The van der Waals surface area contributed by atoms with Gasteiger partial charge in [-0.05, 0) is 44.0 Å². The highest BCUT2D eigenvalue weighted by atomic mass is 19.4. The van der Waals surface area contributed by atoms with Gasteiger partial charge < -0.3 is 10.1 Å². The Morgan fingerprint density at radius 1 is 1.12 bits per heavy atom. The number of rotatable bonds is 4. The molecule has 1 unspecified atom stereocenters. The van der Waals surface area contributed by atoms with Gasteiger partial charge >= 0.3 is 18.2 Å². The van der Waals surface area contributed by atoms with Gasteiger partial charge in [-0.2, -0.15) is 13.2 Å². The summed E-state index contributed by atoms with van der Waals surface area (Å²) in [5, 5.41) is 4.73. The molecular weight excluding hydrogens is 353 g/mol. The van der Waals surface area contributed by atoms with Crippen LogP contribution < -0.4 is 10.6 Å². The van der Waals surface area contributed by atoms with Crippen LogP contribution >= 0.6 is 0 Å². The zero-order valence-corrected chi connectivity index (χ0v) is 14.1. The maximum atomic E-state index is 12.5. The van der Waals surface area contributed by atoms with Crippen LogP contribution in [-0.2, 0) is 15.7 Å². The highest BCUT2D eigenvalue weighted by Gasteiger charge is 2.30. The Morgan fingerprint density at radius 3 is 2.23 bits per heavy atom. The number of hydrogen-bond donors (Lipinski definition) is 2. The minimum absolute atomic E-state index is 0.0211. The normalized spacial score (nSPS) is 16.0. The van der Waals surface area contributed by atoms with Crippen LogP contribution in [0.15, 0.2) is 24.3 Å². The van der Waals surface area contributed by atoms with Gasteiger partial charge in [0.2, 0.25) is 0 Å². The van der Waals surface area contributed by atoms with Gasteiger partial charge in [0.25, 0.3) is 5.91 Å². The van der Waals surface area contributed by atoms with Crippen LogP contribution in [-0.4, -0.2) is 30.1 Å². The van der Waals surface area contributed by atoms with Crippen molar-refractivity contribution < 1.29 is 32.3 Å². The van der Waals surface area contributed by atoms with Crippen LogP contribution in [0.25, 0.3) is 0 Å². The van der Waals surface area contributed by atoms with Crippen molar-refractivity contribution in [1.82, 2.24) is 10.6 Å². The molecule has 0 radical (unpaired) electrons. The minimum Gasteiger partial charge on any atom is -0.449 e. The standard InChI is InChI=1S/C17H19F3N2O4/c1-10(14(23)22-16(25)21-13-4-2-3-5-13)26-15(24)11-6-8-12(9-7-11)17(18,19)20/h6-10,13H,2-5H2,1H3,(H2,21,22,23,25). The molecule has 142 valence electrons. The van der Waals surface area contributed by atoms with Crippen LogP contribution in [0.3, 0.4) is 0 Å². The number of halogens is 3. The molecule has 2 N–H and O–H groups in total. The van der Waals surface area contributed by atoms with Crippen molar-refractivity contribution in [2.75, 3.05) is 0 Å². The summed E-state index contributed by atoms with van der Waals surface area (Å²) in [5.74, 6) is -1.78. The number of hydrogen-bond acceptors (Lipinski definition) is 4. The molecule has 26 heavy (non-hydrogen) atoms. The molecule has 0 spiro atoms. The smallest absolute Gasteiger partial charge is 0.416 e. The zero-order chi connectivity index (χ0) is 19.3. The molecule has 1 saturated carbocycles. The lowest BCUT2D eigenvalue weighted by Gasteiger charge is -2.15. The molecule has 9 heteroatoms. The molecule has 0 saturated heterocycles. The Kier molecular flexibility index (Phi) is 6.23. The summed E-state index contributed by atoms with van der Waals surface area (Å²) in [5.41, 5.74) is -1.03. The number of imide groups is 1. The van der Waals surface area contributed by atoms with Crippen molar-refractivity contribution in [1.29, 1.82) is 0 Å². The third kappa shape index (κ3) is 5.47. The lowest BCUT2D eigenvalue weighted by molar-refractivity contribution is -0.137. The van der Waals surface area contributed by atoms with Crippen LogP contribution in [0.1, 0.15) is 48.5 Å². The molecule has 0 heterocycles. The molecule has 3 amide bonds. The first-order valence-corrected chi connectivity index (χ1v) is 8.16. The van der Waals surface area contributed by atoms with Gasteiger partial charge in [0.05, 0.1) is 11.1 Å². The second-order valence-corrected chi connectivity index (χ2v) is 6.07. The number of amides is 3. The van der Waals surface area contributed by atoms with Gasteiger partial charge in [-0.25, -0.2) is 9.59 Å². The van der Waals surface area contributed by atoms with Crippen molar-refractivity contribution >= 4 is 17.9 Å². The third-order valence-corrected chi connectivity index (χ3v) is 4.03. The van der Waals surface area contributed by atoms with E-state index in [0.29, 0.717) is 0 Å². The van der Waals surface area contributed by atoms with Gasteiger partial charge in [0.1, 0.15) is 0 Å². The van der Waals surface area contributed by atoms with Gasteiger partial charge in [0, 0.05) is 6.04 Å². The van der Waals surface area contributed by atoms with E-state index in [1.165, 1.54) is 6.92 Å². The van der Waals surface area contributed by atoms with Gasteiger partial charge in [-0.3, -0.25) is 10.1 Å². The number of benzene rings is 1. The van der Waals surface area contributed by atoms with Crippen molar-refractivity contribution in [2.45, 2.75) is 50.9 Å². The largest absolute Gasteiger partial charge is 0.449 e. The topological polar surface area (TPSA) is 84.5 Å². The highest BCUT2D eigenvalue weighted by Crippen LogP contribution is 2.29. The summed E-state index contributed by atoms with van der Waals surface area (Å²) in [6, 6.07) is 2.77. The Balaban J connectivity index is 1.85. The van der Waals surface area contributed by atoms with E-state index in [0.717, 1.165) is 49.9 Å². The first kappa shape index (κ1) is 19.7. The van der Waals surface area contributed by atoms with Crippen LogP contribution in [0, 0.1) is 0 Å². The summed E-state index contributed by atoms with van der Waals surface area (Å²) in [6.07, 6.45) is -2.07. The average molecular weight is 372 g/mol. The first-order valence-electron chi connectivity index (χ1n) is 8.16. The molecule has 2 rings (SSSR count). The van der Waals surface area contributed by atoms with E-state index in [-0.39, 0.29) is 11.6 Å². The van der Waals surface area contributed by atoms with Crippen molar-refractivity contribution in [3.8, 4) is 0 Å². The van der Waals surface area contributed by atoms with E-state index in [1.807, 2.05) is 0 Å². The molecule has 0 aromatic heterocycles. The Hall–Kier alpha value is -2.58. The number of carbonyl (C=O) groups excluding carboxylic acids is 3. The first-order chi connectivity index (χ1) is 12.2. The van der Waals surface area contributed by atoms with E-state index in [9.17, 15) is 27.6 Å².